The molecule has 0 aromatic heterocycles. The van der Waals surface area contributed by atoms with Gasteiger partial charge in [-0.05, 0) is 12.5 Å². The summed E-state index contributed by atoms with van der Waals surface area (Å²) in [6.07, 6.45) is 3.73. The van der Waals surface area contributed by atoms with Gasteiger partial charge in [-0.3, -0.25) is 0 Å². The molecule has 0 amide bonds. The SMILES string of the molecule is C[Si]1(Cl)CCCCC1Cl. The lowest BCUT2D eigenvalue weighted by Gasteiger charge is -2.29. The van der Waals surface area contributed by atoms with Gasteiger partial charge in [0.25, 0.3) is 0 Å². The van der Waals surface area contributed by atoms with Crippen molar-refractivity contribution in [2.24, 2.45) is 0 Å². The highest BCUT2D eigenvalue weighted by atomic mass is 35.6. The molecule has 0 aliphatic carbocycles. The van der Waals surface area contributed by atoms with Gasteiger partial charge in [0.2, 0.25) is 0 Å². The van der Waals surface area contributed by atoms with Crippen molar-refractivity contribution >= 4 is 30.1 Å². The highest BCUT2D eigenvalue weighted by Crippen LogP contribution is 2.34. The molecule has 3 heteroatoms. The predicted octanol–water partition coefficient (Wildman–Crippen LogP) is 3.13. The third-order valence-electron chi connectivity index (χ3n) is 2.03. The minimum Gasteiger partial charge on any atom is -0.166 e. The van der Waals surface area contributed by atoms with Crippen LogP contribution in [0.4, 0.5) is 0 Å². The summed E-state index contributed by atoms with van der Waals surface area (Å²) in [5, 5.41) is 0.327. The van der Waals surface area contributed by atoms with Crippen molar-refractivity contribution in [1.29, 1.82) is 0 Å². The molecule has 0 aromatic carbocycles. The summed E-state index contributed by atoms with van der Waals surface area (Å²) in [6.45, 7) is 2.17. The van der Waals surface area contributed by atoms with Crippen LogP contribution in [0, 0.1) is 0 Å². The standard InChI is InChI=1S/C6H12Cl2Si/c1-9(8)5-3-2-4-6(9)7/h6H,2-5H2,1H3. The van der Waals surface area contributed by atoms with E-state index in [0.717, 1.165) is 6.42 Å². The number of hydrogen-bond acceptors (Lipinski definition) is 0. The van der Waals surface area contributed by atoms with Gasteiger partial charge < -0.3 is 0 Å². The Bertz CT molecular complexity index is 103. The Labute approximate surface area is 67.3 Å². The Morgan fingerprint density at radius 2 is 2.11 bits per heavy atom. The topological polar surface area (TPSA) is 0 Å². The Balaban J connectivity index is 2.49. The van der Waals surface area contributed by atoms with Crippen molar-refractivity contribution in [2.45, 2.75) is 36.9 Å². The molecule has 0 radical (unpaired) electrons. The molecule has 1 fully saturated rings. The van der Waals surface area contributed by atoms with E-state index in [0.29, 0.717) is 5.00 Å². The fourth-order valence-electron chi connectivity index (χ4n) is 1.25. The second kappa shape index (κ2) is 2.81. The van der Waals surface area contributed by atoms with E-state index in [-0.39, 0.29) is 0 Å². The summed E-state index contributed by atoms with van der Waals surface area (Å²) < 4.78 is 0. The average Bonchev–Trinajstić information content (AvgIpc) is 1.77. The molecule has 0 bridgehead atoms. The second-order valence-corrected chi connectivity index (χ2v) is 10.2. The predicted molar refractivity (Wildman–Crippen MR) is 45.8 cm³/mol. The summed E-state index contributed by atoms with van der Waals surface area (Å²) in [6, 6.07) is 1.21. The van der Waals surface area contributed by atoms with Crippen LogP contribution in [0.15, 0.2) is 0 Å². The normalized spacial score (nSPS) is 45.0. The number of alkyl halides is 1. The molecule has 1 saturated heterocycles. The lowest BCUT2D eigenvalue weighted by molar-refractivity contribution is 0.703. The smallest absolute Gasteiger partial charge is 0.166 e. The minimum atomic E-state index is -1.46. The molecule has 0 saturated carbocycles. The van der Waals surface area contributed by atoms with E-state index in [1.54, 1.807) is 0 Å². The van der Waals surface area contributed by atoms with Crippen LogP contribution in [0.1, 0.15) is 19.3 Å². The van der Waals surface area contributed by atoms with Crippen LogP contribution in [-0.4, -0.2) is 12.4 Å². The minimum absolute atomic E-state index is 0.327. The number of halogens is 2. The van der Waals surface area contributed by atoms with E-state index in [4.69, 9.17) is 22.7 Å². The van der Waals surface area contributed by atoms with Crippen molar-refractivity contribution in [3.63, 3.8) is 0 Å². The summed E-state index contributed by atoms with van der Waals surface area (Å²) in [5.41, 5.74) is 0. The van der Waals surface area contributed by atoms with E-state index >= 15 is 0 Å². The molecular formula is C6H12Cl2Si. The van der Waals surface area contributed by atoms with E-state index in [2.05, 4.69) is 6.55 Å². The summed E-state index contributed by atoms with van der Waals surface area (Å²) in [7, 11) is -1.46. The lowest BCUT2D eigenvalue weighted by Crippen LogP contribution is -2.37. The number of hydrogen-bond donors (Lipinski definition) is 0. The van der Waals surface area contributed by atoms with Crippen molar-refractivity contribution in [3.05, 3.63) is 0 Å². The van der Waals surface area contributed by atoms with Crippen LogP contribution in [0.3, 0.4) is 0 Å². The molecule has 9 heavy (non-hydrogen) atoms. The van der Waals surface area contributed by atoms with Crippen LogP contribution >= 0.6 is 22.7 Å². The van der Waals surface area contributed by atoms with E-state index in [9.17, 15) is 0 Å². The van der Waals surface area contributed by atoms with Crippen LogP contribution in [0.2, 0.25) is 12.6 Å². The first-order valence-corrected chi connectivity index (χ1v) is 7.69. The highest BCUT2D eigenvalue weighted by Gasteiger charge is 2.35. The van der Waals surface area contributed by atoms with E-state index in [1.165, 1.54) is 18.9 Å². The van der Waals surface area contributed by atoms with Crippen LogP contribution in [0.5, 0.6) is 0 Å². The van der Waals surface area contributed by atoms with Gasteiger partial charge in [-0.25, -0.2) is 0 Å². The lowest BCUT2D eigenvalue weighted by atomic mass is 10.3. The zero-order valence-corrected chi connectivity index (χ0v) is 8.17. The van der Waals surface area contributed by atoms with Crippen LogP contribution in [-0.2, 0) is 0 Å². The molecule has 2 atom stereocenters. The summed E-state index contributed by atoms with van der Waals surface area (Å²) in [5.74, 6) is 0. The molecule has 54 valence electrons. The van der Waals surface area contributed by atoms with Crippen molar-refractivity contribution in [2.75, 3.05) is 0 Å². The highest BCUT2D eigenvalue weighted by molar-refractivity contribution is 7.22. The van der Waals surface area contributed by atoms with Crippen molar-refractivity contribution in [1.82, 2.24) is 0 Å². The van der Waals surface area contributed by atoms with Crippen LogP contribution in [0.25, 0.3) is 0 Å². The Morgan fingerprint density at radius 1 is 1.44 bits per heavy atom. The van der Waals surface area contributed by atoms with Crippen LogP contribution < -0.4 is 0 Å². The molecule has 0 aromatic rings. The molecule has 0 spiro atoms. The van der Waals surface area contributed by atoms with Crippen molar-refractivity contribution < 1.29 is 0 Å². The van der Waals surface area contributed by atoms with E-state index < -0.39 is 7.38 Å². The zero-order valence-electron chi connectivity index (χ0n) is 5.66. The summed E-state index contributed by atoms with van der Waals surface area (Å²) in [4.78, 5) is 0. The first-order chi connectivity index (χ1) is 4.13. The molecule has 1 aliphatic rings. The van der Waals surface area contributed by atoms with Gasteiger partial charge in [0.05, 0.1) is 0 Å². The fraction of sp³-hybridized carbons (Fsp3) is 1.00. The summed E-state index contributed by atoms with van der Waals surface area (Å²) >= 11 is 12.3. The fourth-order valence-corrected chi connectivity index (χ4v) is 4.52. The van der Waals surface area contributed by atoms with Gasteiger partial charge >= 0.3 is 0 Å². The molecule has 2 unspecified atom stereocenters. The first-order valence-electron chi connectivity index (χ1n) is 3.46. The number of rotatable bonds is 0. The van der Waals surface area contributed by atoms with Gasteiger partial charge in [0, 0.05) is 5.00 Å². The maximum absolute atomic E-state index is 6.23. The Hall–Kier alpha value is 0.797. The van der Waals surface area contributed by atoms with E-state index in [1.807, 2.05) is 0 Å². The second-order valence-electron chi connectivity index (χ2n) is 2.99. The molecule has 1 rings (SSSR count). The van der Waals surface area contributed by atoms with Gasteiger partial charge in [-0.1, -0.05) is 19.4 Å². The maximum atomic E-state index is 6.23. The molecule has 1 heterocycles. The third kappa shape index (κ3) is 1.86. The van der Waals surface area contributed by atoms with Crippen molar-refractivity contribution in [3.8, 4) is 0 Å². The molecular weight excluding hydrogens is 171 g/mol. The zero-order chi connectivity index (χ0) is 6.91. The quantitative estimate of drug-likeness (QED) is 0.307. The van der Waals surface area contributed by atoms with Gasteiger partial charge in [0.1, 0.15) is 0 Å². The molecule has 0 nitrogen and oxygen atoms in total. The Kier molecular flexibility index (Phi) is 2.47. The largest absolute Gasteiger partial charge is 0.171 e. The molecule has 1 aliphatic heterocycles. The van der Waals surface area contributed by atoms with Gasteiger partial charge in [-0.2, -0.15) is 11.1 Å². The van der Waals surface area contributed by atoms with Gasteiger partial charge in [-0.15, -0.1) is 11.6 Å². The molecule has 0 N–H and O–H groups in total. The monoisotopic (exact) mass is 182 g/mol. The first kappa shape index (κ1) is 7.90. The maximum Gasteiger partial charge on any atom is 0.171 e. The average molecular weight is 183 g/mol. The Morgan fingerprint density at radius 3 is 2.44 bits per heavy atom. The third-order valence-corrected chi connectivity index (χ3v) is 8.31. The van der Waals surface area contributed by atoms with Gasteiger partial charge in [0.15, 0.2) is 7.38 Å².